The maximum atomic E-state index is 5.17. The number of hydrogen-bond acceptors (Lipinski definition) is 5. The summed E-state index contributed by atoms with van der Waals surface area (Å²) in [7, 11) is 3.76. The third kappa shape index (κ3) is 3.06. The average molecular weight is 308 g/mol. The molecule has 0 aromatic carbocycles. The molecule has 1 atom stereocenters. The summed E-state index contributed by atoms with van der Waals surface area (Å²) in [5.41, 5.74) is 2.11. The van der Waals surface area contributed by atoms with Crippen molar-refractivity contribution in [1.29, 1.82) is 0 Å². The van der Waals surface area contributed by atoms with Crippen LogP contribution in [0.25, 0.3) is 10.3 Å². The van der Waals surface area contributed by atoms with E-state index in [1.54, 1.807) is 18.4 Å². The van der Waals surface area contributed by atoms with Gasteiger partial charge in [0, 0.05) is 33.9 Å². The van der Waals surface area contributed by atoms with Crippen LogP contribution in [-0.4, -0.2) is 41.6 Å². The zero-order chi connectivity index (χ0) is 14.8. The highest BCUT2D eigenvalue weighted by atomic mass is 32.1. The molecule has 1 fully saturated rings. The van der Waals surface area contributed by atoms with Gasteiger partial charge in [0.1, 0.15) is 0 Å². The van der Waals surface area contributed by atoms with Gasteiger partial charge in [-0.15, -0.1) is 0 Å². The van der Waals surface area contributed by atoms with E-state index in [0.29, 0.717) is 0 Å². The van der Waals surface area contributed by atoms with Crippen LogP contribution in [0.4, 0.5) is 5.13 Å². The molecule has 1 aliphatic heterocycles. The molecule has 21 heavy (non-hydrogen) atoms. The van der Waals surface area contributed by atoms with E-state index in [1.807, 2.05) is 11.7 Å². The number of nitrogens with zero attached hydrogens (tertiary/aromatic N) is 4. The van der Waals surface area contributed by atoms with Crippen molar-refractivity contribution in [2.75, 3.05) is 31.7 Å². The molecule has 3 rings (SSSR count). The van der Waals surface area contributed by atoms with Crippen molar-refractivity contribution in [3.8, 4) is 0 Å². The van der Waals surface area contributed by atoms with E-state index in [4.69, 9.17) is 9.72 Å². The second-order valence-electron chi connectivity index (χ2n) is 5.95. The van der Waals surface area contributed by atoms with Gasteiger partial charge in [-0.25, -0.2) is 9.67 Å². The van der Waals surface area contributed by atoms with Crippen molar-refractivity contribution in [3.63, 3.8) is 0 Å². The number of rotatable bonds is 5. The van der Waals surface area contributed by atoms with Gasteiger partial charge in [-0.1, -0.05) is 11.3 Å². The van der Waals surface area contributed by atoms with Gasteiger partial charge in [-0.3, -0.25) is 0 Å². The number of piperidine rings is 1. The van der Waals surface area contributed by atoms with E-state index in [2.05, 4.69) is 16.9 Å². The highest BCUT2D eigenvalue weighted by Crippen LogP contribution is 2.33. The predicted octanol–water partition coefficient (Wildman–Crippen LogP) is 2.98. The van der Waals surface area contributed by atoms with E-state index in [-0.39, 0.29) is 0 Å². The van der Waals surface area contributed by atoms with Gasteiger partial charge in [0.05, 0.1) is 10.4 Å². The highest BCUT2D eigenvalue weighted by molar-refractivity contribution is 7.22. The van der Waals surface area contributed by atoms with Crippen molar-refractivity contribution >= 4 is 26.8 Å². The summed E-state index contributed by atoms with van der Waals surface area (Å²) in [6.07, 6.45) is 5.03. The number of ether oxygens (including phenoxy) is 1. The fraction of sp³-hybridized carbons (Fsp3) is 0.733. The van der Waals surface area contributed by atoms with Crippen LogP contribution in [0, 0.1) is 12.8 Å². The Morgan fingerprint density at radius 1 is 1.43 bits per heavy atom. The third-order valence-corrected chi connectivity index (χ3v) is 5.50. The lowest BCUT2D eigenvalue weighted by Gasteiger charge is -2.32. The Bertz CT molecular complexity index is 572. The average Bonchev–Trinajstić information content (AvgIpc) is 3.02. The molecule has 3 heterocycles. The second kappa shape index (κ2) is 6.32. The van der Waals surface area contributed by atoms with Gasteiger partial charge in [0.25, 0.3) is 0 Å². The largest absolute Gasteiger partial charge is 0.385 e. The Balaban J connectivity index is 1.71. The molecule has 2 aromatic rings. The summed E-state index contributed by atoms with van der Waals surface area (Å²) in [6.45, 7) is 5.21. The fourth-order valence-electron chi connectivity index (χ4n) is 3.20. The van der Waals surface area contributed by atoms with Crippen LogP contribution >= 0.6 is 11.3 Å². The van der Waals surface area contributed by atoms with Crippen LogP contribution < -0.4 is 4.90 Å². The minimum Gasteiger partial charge on any atom is -0.385 e. The molecule has 1 aliphatic rings. The van der Waals surface area contributed by atoms with Crippen LogP contribution in [0.3, 0.4) is 0 Å². The molecule has 1 saturated heterocycles. The Hall–Kier alpha value is -1.14. The normalized spacial score (nSPS) is 19.6. The quantitative estimate of drug-likeness (QED) is 0.797. The monoisotopic (exact) mass is 308 g/mol. The van der Waals surface area contributed by atoms with E-state index >= 15 is 0 Å². The van der Waals surface area contributed by atoms with Gasteiger partial charge in [-0.05, 0) is 38.5 Å². The third-order valence-electron chi connectivity index (χ3n) is 4.28. The number of thiazole rings is 1. The maximum absolute atomic E-state index is 5.17. The van der Waals surface area contributed by atoms with Gasteiger partial charge in [-0.2, -0.15) is 5.10 Å². The van der Waals surface area contributed by atoms with Gasteiger partial charge in [0.15, 0.2) is 10.8 Å². The molecule has 2 aromatic heterocycles. The molecule has 5 nitrogen and oxygen atoms in total. The molecule has 0 bridgehead atoms. The second-order valence-corrected chi connectivity index (χ2v) is 6.93. The summed E-state index contributed by atoms with van der Waals surface area (Å²) in [5.74, 6) is 0.778. The summed E-state index contributed by atoms with van der Waals surface area (Å²) in [4.78, 5) is 7.27. The molecule has 6 heteroatoms. The lowest BCUT2D eigenvalue weighted by molar-refractivity contribution is 0.184. The molecule has 0 unspecified atom stereocenters. The molecular formula is C15H24N4OS. The molecule has 0 saturated carbocycles. The summed E-state index contributed by atoms with van der Waals surface area (Å²) in [6, 6.07) is 0. The molecule has 0 N–H and O–H groups in total. The van der Waals surface area contributed by atoms with Crippen molar-refractivity contribution in [2.24, 2.45) is 13.0 Å². The molecule has 0 radical (unpaired) electrons. The first-order valence-electron chi connectivity index (χ1n) is 7.73. The molecular weight excluding hydrogens is 284 g/mol. The first kappa shape index (κ1) is 14.8. The molecule has 0 aliphatic carbocycles. The van der Waals surface area contributed by atoms with Crippen molar-refractivity contribution in [3.05, 3.63) is 5.69 Å². The Morgan fingerprint density at radius 2 is 2.29 bits per heavy atom. The Morgan fingerprint density at radius 3 is 3.05 bits per heavy atom. The predicted molar refractivity (Wildman–Crippen MR) is 87.2 cm³/mol. The standard InChI is InChI=1S/C15H24N4OS/c1-11-13-14(18(2)17-11)16-15(21-13)19-8-4-6-12(10-19)7-5-9-20-3/h12H,4-10H2,1-3H3/t12-/m0/s1. The zero-order valence-electron chi connectivity index (χ0n) is 13.1. The molecule has 0 spiro atoms. The van der Waals surface area contributed by atoms with Crippen LogP contribution in [0.5, 0.6) is 0 Å². The number of aryl methyl sites for hydroxylation is 2. The maximum Gasteiger partial charge on any atom is 0.188 e. The number of hydrogen-bond donors (Lipinski definition) is 0. The number of fused-ring (bicyclic) bond motifs is 1. The minimum atomic E-state index is 0.778. The number of methoxy groups -OCH3 is 1. The SMILES string of the molecule is COCCC[C@@H]1CCCN(c2nc3c(s2)c(C)nn3C)C1. The number of aromatic nitrogens is 3. The first-order chi connectivity index (χ1) is 10.2. The Kier molecular flexibility index (Phi) is 4.45. The molecule has 0 amide bonds. The molecule has 116 valence electrons. The summed E-state index contributed by atoms with van der Waals surface area (Å²) in [5, 5.41) is 5.60. The number of anilines is 1. The Labute approximate surface area is 129 Å². The summed E-state index contributed by atoms with van der Waals surface area (Å²) < 4.78 is 8.29. The van der Waals surface area contributed by atoms with Crippen molar-refractivity contribution in [1.82, 2.24) is 14.8 Å². The van der Waals surface area contributed by atoms with E-state index < -0.39 is 0 Å². The van der Waals surface area contributed by atoms with Gasteiger partial charge >= 0.3 is 0 Å². The fourth-order valence-corrected chi connectivity index (χ4v) is 4.27. The van der Waals surface area contributed by atoms with Crippen LogP contribution in [-0.2, 0) is 11.8 Å². The van der Waals surface area contributed by atoms with E-state index in [1.165, 1.54) is 24.0 Å². The highest BCUT2D eigenvalue weighted by Gasteiger charge is 2.23. The van der Waals surface area contributed by atoms with E-state index in [9.17, 15) is 0 Å². The topological polar surface area (TPSA) is 43.2 Å². The summed E-state index contributed by atoms with van der Waals surface area (Å²) >= 11 is 1.79. The van der Waals surface area contributed by atoms with Crippen LogP contribution in [0.1, 0.15) is 31.4 Å². The minimum absolute atomic E-state index is 0.778. The van der Waals surface area contributed by atoms with Crippen molar-refractivity contribution in [2.45, 2.75) is 32.6 Å². The zero-order valence-corrected chi connectivity index (χ0v) is 13.9. The first-order valence-corrected chi connectivity index (χ1v) is 8.54. The lowest BCUT2D eigenvalue weighted by atomic mass is 9.94. The van der Waals surface area contributed by atoms with Crippen LogP contribution in [0.2, 0.25) is 0 Å². The van der Waals surface area contributed by atoms with E-state index in [0.717, 1.165) is 48.5 Å². The van der Waals surface area contributed by atoms with Crippen LogP contribution in [0.15, 0.2) is 0 Å². The smallest absolute Gasteiger partial charge is 0.188 e. The van der Waals surface area contributed by atoms with Gasteiger partial charge in [0.2, 0.25) is 0 Å². The lowest BCUT2D eigenvalue weighted by Crippen LogP contribution is -2.35. The van der Waals surface area contributed by atoms with Crippen molar-refractivity contribution < 1.29 is 4.74 Å². The van der Waals surface area contributed by atoms with Gasteiger partial charge < -0.3 is 9.64 Å².